The molecule has 0 atom stereocenters. The monoisotopic (exact) mass is 410 g/mol. The molecule has 0 aliphatic rings. The van der Waals surface area contributed by atoms with Gasteiger partial charge in [0.25, 0.3) is 5.91 Å². The third kappa shape index (κ3) is 4.53. The lowest BCUT2D eigenvalue weighted by Gasteiger charge is -2.05. The largest absolute Gasteiger partial charge is 0.358 e. The smallest absolute Gasteiger partial charge is 0.251 e. The van der Waals surface area contributed by atoms with Crippen molar-refractivity contribution in [3.05, 3.63) is 90.5 Å². The van der Waals surface area contributed by atoms with E-state index in [4.69, 9.17) is 4.98 Å². The maximum Gasteiger partial charge on any atom is 0.251 e. The molecule has 3 aromatic carbocycles. The highest BCUT2D eigenvalue weighted by atomic mass is 16.2. The Balaban J connectivity index is 1.65. The van der Waals surface area contributed by atoms with Crippen LogP contribution in [0.2, 0.25) is 0 Å². The fourth-order valence-corrected chi connectivity index (χ4v) is 3.26. The van der Waals surface area contributed by atoms with Crippen molar-refractivity contribution in [1.29, 1.82) is 0 Å². The van der Waals surface area contributed by atoms with E-state index in [0.717, 1.165) is 33.9 Å². The Kier molecular flexibility index (Phi) is 5.89. The summed E-state index contributed by atoms with van der Waals surface area (Å²) >= 11 is 0. The van der Waals surface area contributed by atoms with E-state index < -0.39 is 0 Å². The van der Waals surface area contributed by atoms with Crippen LogP contribution in [0.1, 0.15) is 10.4 Å². The van der Waals surface area contributed by atoms with Gasteiger partial charge in [-0.15, -0.1) is 0 Å². The molecule has 0 spiro atoms. The number of carbonyl (C=O) groups excluding carboxylic acids is 2. The van der Waals surface area contributed by atoms with Crippen molar-refractivity contribution in [3.63, 3.8) is 0 Å². The fraction of sp³-hybridized carbons (Fsp3) is 0.0800. The minimum atomic E-state index is -0.301. The molecule has 1 heterocycles. The number of aromatic nitrogens is 2. The number of rotatable bonds is 6. The first-order chi connectivity index (χ1) is 15.2. The van der Waals surface area contributed by atoms with Crippen LogP contribution in [0.25, 0.3) is 33.9 Å². The summed E-state index contributed by atoms with van der Waals surface area (Å²) in [6.07, 6.45) is 0. The van der Waals surface area contributed by atoms with Crippen molar-refractivity contribution in [2.24, 2.45) is 0 Å². The number of nitrogens with zero attached hydrogens (tertiary/aromatic N) is 1. The van der Waals surface area contributed by atoms with Crippen molar-refractivity contribution < 1.29 is 9.59 Å². The van der Waals surface area contributed by atoms with Gasteiger partial charge in [-0.2, -0.15) is 0 Å². The van der Waals surface area contributed by atoms with Gasteiger partial charge in [0, 0.05) is 29.3 Å². The first-order valence-electron chi connectivity index (χ1n) is 9.96. The van der Waals surface area contributed by atoms with Crippen LogP contribution in [-0.2, 0) is 4.79 Å². The average molecular weight is 410 g/mol. The van der Waals surface area contributed by atoms with Crippen LogP contribution in [0.3, 0.4) is 0 Å². The van der Waals surface area contributed by atoms with E-state index in [9.17, 15) is 9.59 Å². The molecule has 6 heteroatoms. The predicted molar refractivity (Wildman–Crippen MR) is 121 cm³/mol. The zero-order valence-electron chi connectivity index (χ0n) is 17.1. The molecule has 0 saturated heterocycles. The molecule has 4 aromatic rings. The van der Waals surface area contributed by atoms with E-state index in [-0.39, 0.29) is 18.4 Å². The summed E-state index contributed by atoms with van der Waals surface area (Å²) in [4.78, 5) is 31.9. The van der Waals surface area contributed by atoms with Gasteiger partial charge in [-0.05, 0) is 12.1 Å². The van der Waals surface area contributed by atoms with Gasteiger partial charge >= 0.3 is 0 Å². The molecule has 1 aromatic heterocycles. The number of hydrogen-bond donors (Lipinski definition) is 3. The van der Waals surface area contributed by atoms with Gasteiger partial charge in [0.2, 0.25) is 5.91 Å². The molecule has 31 heavy (non-hydrogen) atoms. The number of hydrogen-bond acceptors (Lipinski definition) is 3. The average Bonchev–Trinajstić information content (AvgIpc) is 3.29. The molecular formula is C25H22N4O2. The van der Waals surface area contributed by atoms with Crippen LogP contribution in [0.5, 0.6) is 0 Å². The SMILES string of the molecule is CNC(=O)CNC(=O)c1ccc(-c2nc(-c3ccccc3)c(-c3ccccc3)[nH]2)cc1. The van der Waals surface area contributed by atoms with E-state index in [2.05, 4.69) is 15.6 Å². The summed E-state index contributed by atoms with van der Waals surface area (Å²) < 4.78 is 0. The second-order valence-electron chi connectivity index (χ2n) is 6.97. The molecule has 0 fully saturated rings. The van der Waals surface area contributed by atoms with Gasteiger partial charge in [0.1, 0.15) is 5.82 Å². The summed E-state index contributed by atoms with van der Waals surface area (Å²) in [7, 11) is 1.53. The van der Waals surface area contributed by atoms with Crippen LogP contribution >= 0.6 is 0 Å². The standard InChI is InChI=1S/C25H22N4O2/c1-26-21(30)16-27-25(31)20-14-12-19(13-15-20)24-28-22(17-8-4-2-5-9-17)23(29-24)18-10-6-3-7-11-18/h2-15H,16H2,1H3,(H,26,30)(H,27,31)(H,28,29). The van der Waals surface area contributed by atoms with Gasteiger partial charge in [-0.3, -0.25) is 9.59 Å². The van der Waals surface area contributed by atoms with Crippen LogP contribution in [0, 0.1) is 0 Å². The first kappa shape index (κ1) is 20.1. The van der Waals surface area contributed by atoms with Crippen molar-refractivity contribution in [2.75, 3.05) is 13.6 Å². The molecule has 0 radical (unpaired) electrons. The molecule has 3 N–H and O–H groups in total. The molecule has 0 aliphatic carbocycles. The van der Waals surface area contributed by atoms with Crippen LogP contribution in [0.4, 0.5) is 0 Å². The normalized spacial score (nSPS) is 10.5. The highest BCUT2D eigenvalue weighted by molar-refractivity contribution is 5.96. The van der Waals surface area contributed by atoms with E-state index in [0.29, 0.717) is 5.56 Å². The Morgan fingerprint density at radius 3 is 2.03 bits per heavy atom. The number of likely N-dealkylation sites (N-methyl/N-ethyl adjacent to an activating group) is 1. The van der Waals surface area contributed by atoms with Gasteiger partial charge in [-0.25, -0.2) is 4.98 Å². The van der Waals surface area contributed by atoms with Gasteiger partial charge in [0.15, 0.2) is 0 Å². The quantitative estimate of drug-likeness (QED) is 0.451. The van der Waals surface area contributed by atoms with E-state index >= 15 is 0 Å². The summed E-state index contributed by atoms with van der Waals surface area (Å²) in [5.41, 5.74) is 5.22. The van der Waals surface area contributed by atoms with Crippen LogP contribution in [0.15, 0.2) is 84.9 Å². The number of benzene rings is 3. The third-order valence-electron chi connectivity index (χ3n) is 4.92. The highest BCUT2D eigenvalue weighted by Gasteiger charge is 2.15. The van der Waals surface area contributed by atoms with Crippen molar-refractivity contribution in [2.45, 2.75) is 0 Å². The molecule has 0 unspecified atom stereocenters. The first-order valence-corrected chi connectivity index (χ1v) is 9.96. The number of amides is 2. The van der Waals surface area contributed by atoms with Crippen molar-refractivity contribution in [1.82, 2.24) is 20.6 Å². The van der Waals surface area contributed by atoms with Gasteiger partial charge < -0.3 is 15.6 Å². The lowest BCUT2D eigenvalue weighted by molar-refractivity contribution is -0.119. The number of carbonyl (C=O) groups is 2. The zero-order chi connectivity index (χ0) is 21.6. The molecule has 0 bridgehead atoms. The molecule has 6 nitrogen and oxygen atoms in total. The van der Waals surface area contributed by atoms with Crippen LogP contribution < -0.4 is 10.6 Å². The predicted octanol–water partition coefficient (Wildman–Crippen LogP) is 3.89. The lowest BCUT2D eigenvalue weighted by Crippen LogP contribution is -2.35. The van der Waals surface area contributed by atoms with Gasteiger partial charge in [0.05, 0.1) is 17.9 Å². The summed E-state index contributed by atoms with van der Waals surface area (Å²) in [5.74, 6) is 0.169. The minimum absolute atomic E-state index is 0.0594. The molecule has 4 rings (SSSR count). The molecular weight excluding hydrogens is 388 g/mol. The minimum Gasteiger partial charge on any atom is -0.358 e. The van der Waals surface area contributed by atoms with Gasteiger partial charge in [-0.1, -0.05) is 72.8 Å². The summed E-state index contributed by atoms with van der Waals surface area (Å²) in [5, 5.41) is 5.06. The van der Waals surface area contributed by atoms with Crippen molar-refractivity contribution >= 4 is 11.8 Å². The summed E-state index contributed by atoms with van der Waals surface area (Å²) in [6, 6.07) is 27.2. The third-order valence-corrected chi connectivity index (χ3v) is 4.92. The Labute approximate surface area is 180 Å². The fourth-order valence-electron chi connectivity index (χ4n) is 3.26. The van der Waals surface area contributed by atoms with E-state index in [1.165, 1.54) is 7.05 Å². The maximum absolute atomic E-state index is 12.2. The van der Waals surface area contributed by atoms with E-state index in [1.807, 2.05) is 72.8 Å². The number of imidazole rings is 1. The van der Waals surface area contributed by atoms with Crippen LogP contribution in [-0.4, -0.2) is 35.4 Å². The maximum atomic E-state index is 12.2. The Hall–Kier alpha value is -4.19. The second kappa shape index (κ2) is 9.09. The molecule has 0 saturated carbocycles. The van der Waals surface area contributed by atoms with E-state index in [1.54, 1.807) is 12.1 Å². The number of H-pyrrole nitrogens is 1. The molecule has 0 aliphatic heterocycles. The summed E-state index contributed by atoms with van der Waals surface area (Å²) in [6.45, 7) is -0.0594. The Morgan fingerprint density at radius 1 is 0.806 bits per heavy atom. The molecule has 2 amide bonds. The Bertz CT molecular complexity index is 1130. The lowest BCUT2D eigenvalue weighted by atomic mass is 10.1. The molecule has 154 valence electrons. The van der Waals surface area contributed by atoms with Crippen molar-refractivity contribution in [3.8, 4) is 33.9 Å². The zero-order valence-corrected chi connectivity index (χ0v) is 17.1. The second-order valence-corrected chi connectivity index (χ2v) is 6.97. The number of nitrogens with one attached hydrogen (secondary N) is 3. The highest BCUT2D eigenvalue weighted by Crippen LogP contribution is 2.32. The number of aromatic amines is 1. The Morgan fingerprint density at radius 2 is 1.42 bits per heavy atom. The topological polar surface area (TPSA) is 86.9 Å².